The smallest absolute Gasteiger partial charge is 0.252 e. The quantitative estimate of drug-likeness (QED) is 0.582. The van der Waals surface area contributed by atoms with Crippen LogP contribution in [0.25, 0.3) is 0 Å². The van der Waals surface area contributed by atoms with Crippen LogP contribution < -0.4 is 11.1 Å². The molecule has 1 aromatic carbocycles. The standard InChI is InChI=1S/C16H21IN2OS/c1-2-11-6-8-16(9-7-11,15(18)21)19-14(20)12-4-3-5-13(17)10-12/h3-5,10-11H,2,6-9H2,1H3,(H2,18,21)(H,19,20). The topological polar surface area (TPSA) is 55.1 Å². The monoisotopic (exact) mass is 416 g/mol. The SMILES string of the molecule is CCC1CCC(NC(=O)c2cccc(I)c2)(C(N)=S)CC1. The average Bonchev–Trinajstić information content (AvgIpc) is 2.47. The van der Waals surface area contributed by atoms with Crippen LogP contribution in [0, 0.1) is 9.49 Å². The summed E-state index contributed by atoms with van der Waals surface area (Å²) in [6.45, 7) is 2.21. The van der Waals surface area contributed by atoms with Crippen molar-refractivity contribution in [2.24, 2.45) is 11.7 Å². The van der Waals surface area contributed by atoms with Crippen LogP contribution in [0.5, 0.6) is 0 Å². The molecule has 1 aromatic rings. The maximum absolute atomic E-state index is 12.5. The van der Waals surface area contributed by atoms with E-state index >= 15 is 0 Å². The van der Waals surface area contributed by atoms with Crippen molar-refractivity contribution in [1.29, 1.82) is 0 Å². The van der Waals surface area contributed by atoms with Crippen molar-refractivity contribution in [2.45, 2.75) is 44.6 Å². The second-order valence-corrected chi connectivity index (χ2v) is 7.45. The van der Waals surface area contributed by atoms with E-state index in [2.05, 4.69) is 34.8 Å². The van der Waals surface area contributed by atoms with Crippen LogP contribution in [0.1, 0.15) is 49.4 Å². The Morgan fingerprint density at radius 2 is 2.14 bits per heavy atom. The lowest BCUT2D eigenvalue weighted by atomic mass is 9.75. The number of carbonyl (C=O) groups excluding carboxylic acids is 1. The van der Waals surface area contributed by atoms with Gasteiger partial charge in [0.1, 0.15) is 0 Å². The molecule has 1 saturated carbocycles. The molecule has 5 heteroatoms. The molecular formula is C16H21IN2OS. The second kappa shape index (κ2) is 7.05. The minimum absolute atomic E-state index is 0.0868. The number of amides is 1. The van der Waals surface area contributed by atoms with E-state index in [1.54, 1.807) is 0 Å². The van der Waals surface area contributed by atoms with Crippen molar-refractivity contribution >= 4 is 45.7 Å². The van der Waals surface area contributed by atoms with E-state index in [0.29, 0.717) is 10.6 Å². The molecule has 0 aromatic heterocycles. The molecule has 1 aliphatic rings. The Bertz CT molecular complexity index is 539. The zero-order valence-corrected chi connectivity index (χ0v) is 15.2. The largest absolute Gasteiger partial charge is 0.391 e. The van der Waals surface area contributed by atoms with Crippen molar-refractivity contribution < 1.29 is 4.79 Å². The molecule has 21 heavy (non-hydrogen) atoms. The second-order valence-electron chi connectivity index (χ2n) is 5.76. The minimum Gasteiger partial charge on any atom is -0.391 e. The zero-order chi connectivity index (χ0) is 15.5. The average molecular weight is 416 g/mol. The predicted octanol–water partition coefficient (Wildman–Crippen LogP) is 3.65. The summed E-state index contributed by atoms with van der Waals surface area (Å²) in [5.74, 6) is 0.637. The molecule has 0 unspecified atom stereocenters. The molecule has 0 radical (unpaired) electrons. The Morgan fingerprint density at radius 1 is 1.48 bits per heavy atom. The lowest BCUT2D eigenvalue weighted by Crippen LogP contribution is -2.58. The Hall–Kier alpha value is -0.690. The molecule has 2 rings (SSSR count). The molecule has 0 saturated heterocycles. The summed E-state index contributed by atoms with van der Waals surface area (Å²) in [6.07, 6.45) is 5.01. The zero-order valence-electron chi connectivity index (χ0n) is 12.2. The van der Waals surface area contributed by atoms with Crippen LogP contribution in [-0.2, 0) is 0 Å². The summed E-state index contributed by atoms with van der Waals surface area (Å²) < 4.78 is 1.04. The Morgan fingerprint density at radius 3 is 2.67 bits per heavy atom. The van der Waals surface area contributed by atoms with E-state index < -0.39 is 5.54 Å². The molecule has 0 atom stereocenters. The maximum Gasteiger partial charge on any atom is 0.252 e. The molecule has 1 aliphatic carbocycles. The Kier molecular flexibility index (Phi) is 5.60. The first-order valence-corrected chi connectivity index (χ1v) is 8.83. The van der Waals surface area contributed by atoms with Gasteiger partial charge in [-0.2, -0.15) is 0 Å². The van der Waals surface area contributed by atoms with E-state index in [9.17, 15) is 4.79 Å². The summed E-state index contributed by atoms with van der Waals surface area (Å²) >= 11 is 7.46. The van der Waals surface area contributed by atoms with E-state index in [4.69, 9.17) is 18.0 Å². The number of nitrogens with two attached hydrogens (primary N) is 1. The summed E-state index contributed by atoms with van der Waals surface area (Å²) in [7, 11) is 0. The fourth-order valence-electron chi connectivity index (χ4n) is 2.93. The van der Waals surface area contributed by atoms with Gasteiger partial charge < -0.3 is 11.1 Å². The van der Waals surface area contributed by atoms with Gasteiger partial charge in [0.2, 0.25) is 0 Å². The van der Waals surface area contributed by atoms with E-state index in [0.717, 1.165) is 35.2 Å². The van der Waals surface area contributed by atoms with Gasteiger partial charge in [-0.25, -0.2) is 0 Å². The minimum atomic E-state index is -0.515. The number of carbonyl (C=O) groups is 1. The third kappa shape index (κ3) is 3.94. The van der Waals surface area contributed by atoms with Gasteiger partial charge in [-0.05, 0) is 72.4 Å². The normalized spacial score (nSPS) is 25.3. The lowest BCUT2D eigenvalue weighted by molar-refractivity contribution is 0.0898. The molecule has 3 nitrogen and oxygen atoms in total. The first-order chi connectivity index (χ1) is 9.97. The predicted molar refractivity (Wildman–Crippen MR) is 98.4 cm³/mol. The van der Waals surface area contributed by atoms with Gasteiger partial charge in [-0.15, -0.1) is 0 Å². The van der Waals surface area contributed by atoms with Gasteiger partial charge in [-0.1, -0.05) is 31.6 Å². The highest BCUT2D eigenvalue weighted by Crippen LogP contribution is 2.34. The number of halogens is 1. The molecule has 3 N–H and O–H groups in total. The van der Waals surface area contributed by atoms with Crippen molar-refractivity contribution in [3.05, 3.63) is 33.4 Å². The van der Waals surface area contributed by atoms with E-state index in [1.807, 2.05) is 24.3 Å². The van der Waals surface area contributed by atoms with E-state index in [1.165, 1.54) is 6.42 Å². The summed E-state index contributed by atoms with van der Waals surface area (Å²) in [6, 6.07) is 7.55. The summed E-state index contributed by atoms with van der Waals surface area (Å²) in [5, 5.41) is 3.11. The fraction of sp³-hybridized carbons (Fsp3) is 0.500. The Balaban J connectivity index is 2.14. The van der Waals surface area contributed by atoms with Crippen molar-refractivity contribution in [2.75, 3.05) is 0 Å². The van der Waals surface area contributed by atoms with Gasteiger partial charge in [0.15, 0.2) is 0 Å². The molecule has 0 heterocycles. The van der Waals surface area contributed by atoms with Gasteiger partial charge >= 0.3 is 0 Å². The first kappa shape index (κ1) is 16.7. The van der Waals surface area contributed by atoms with Gasteiger partial charge in [0, 0.05) is 9.13 Å². The number of hydrogen-bond acceptors (Lipinski definition) is 2. The van der Waals surface area contributed by atoms with Crippen LogP contribution in [0.3, 0.4) is 0 Å². The lowest BCUT2D eigenvalue weighted by Gasteiger charge is -2.40. The molecule has 1 fully saturated rings. The number of rotatable bonds is 4. The van der Waals surface area contributed by atoms with Crippen LogP contribution >= 0.6 is 34.8 Å². The first-order valence-electron chi connectivity index (χ1n) is 7.35. The summed E-state index contributed by atoms with van der Waals surface area (Å²) in [5.41, 5.74) is 6.11. The molecule has 0 bridgehead atoms. The van der Waals surface area contributed by atoms with Gasteiger partial charge in [0.05, 0.1) is 10.5 Å². The van der Waals surface area contributed by atoms with Gasteiger partial charge in [-0.3, -0.25) is 4.79 Å². The number of benzene rings is 1. The number of nitrogens with one attached hydrogen (secondary N) is 1. The fourth-order valence-corrected chi connectivity index (χ4v) is 3.73. The Labute approximate surface area is 145 Å². The highest BCUT2D eigenvalue weighted by Gasteiger charge is 2.39. The van der Waals surface area contributed by atoms with Crippen molar-refractivity contribution in [3.63, 3.8) is 0 Å². The van der Waals surface area contributed by atoms with Crippen LogP contribution in [0.15, 0.2) is 24.3 Å². The molecule has 1 amide bonds. The van der Waals surface area contributed by atoms with Crippen LogP contribution in [-0.4, -0.2) is 16.4 Å². The molecule has 114 valence electrons. The molecule has 0 spiro atoms. The highest BCUT2D eigenvalue weighted by atomic mass is 127. The highest BCUT2D eigenvalue weighted by molar-refractivity contribution is 14.1. The third-order valence-electron chi connectivity index (χ3n) is 4.45. The maximum atomic E-state index is 12.5. The van der Waals surface area contributed by atoms with Crippen LogP contribution in [0.4, 0.5) is 0 Å². The van der Waals surface area contributed by atoms with Crippen LogP contribution in [0.2, 0.25) is 0 Å². The molecular weight excluding hydrogens is 395 g/mol. The van der Waals surface area contributed by atoms with Gasteiger partial charge in [0.25, 0.3) is 5.91 Å². The third-order valence-corrected chi connectivity index (χ3v) is 5.51. The summed E-state index contributed by atoms with van der Waals surface area (Å²) in [4.78, 5) is 12.9. The van der Waals surface area contributed by atoms with Crippen molar-refractivity contribution in [1.82, 2.24) is 5.32 Å². The number of thiocarbonyl (C=S) groups is 1. The number of hydrogen-bond donors (Lipinski definition) is 2. The van der Waals surface area contributed by atoms with Crippen molar-refractivity contribution in [3.8, 4) is 0 Å². The molecule has 0 aliphatic heterocycles. The van der Waals surface area contributed by atoms with E-state index in [-0.39, 0.29) is 5.91 Å².